The number of phenolic OH excluding ortho intramolecular Hbond substituents is 1. The van der Waals surface area contributed by atoms with E-state index >= 15 is 0 Å². The number of phenols is 1. The zero-order valence-electron chi connectivity index (χ0n) is 28.6. The van der Waals surface area contributed by atoms with Crippen LogP contribution < -0.4 is 25.7 Å². The third-order valence-corrected chi connectivity index (χ3v) is 9.09. The Labute approximate surface area is 303 Å². The van der Waals surface area contributed by atoms with Crippen LogP contribution in [0.25, 0.3) is 10.9 Å². The maximum absolute atomic E-state index is 13.3. The first-order chi connectivity index (χ1) is 25.5. The summed E-state index contributed by atoms with van der Waals surface area (Å²) < 4.78 is 11.1. The van der Waals surface area contributed by atoms with Gasteiger partial charge in [-0.2, -0.15) is 0 Å². The summed E-state index contributed by atoms with van der Waals surface area (Å²) >= 11 is 0. The second kappa shape index (κ2) is 15.6. The van der Waals surface area contributed by atoms with Crippen LogP contribution in [0.2, 0.25) is 0 Å². The lowest BCUT2D eigenvalue weighted by atomic mass is 9.86. The highest BCUT2D eigenvalue weighted by molar-refractivity contribution is 5.97. The van der Waals surface area contributed by atoms with Crippen molar-refractivity contribution in [3.8, 4) is 17.2 Å². The number of carboxylic acids is 1. The third-order valence-electron chi connectivity index (χ3n) is 9.09. The number of carbonyl (C=O) groups excluding carboxylic acids is 2. The molecule has 1 aromatic heterocycles. The molecule has 2 atom stereocenters. The number of ether oxygens (including phenoxy) is 2. The number of aromatic hydroxyl groups is 1. The van der Waals surface area contributed by atoms with Crippen LogP contribution in [-0.4, -0.2) is 87.5 Å². The van der Waals surface area contributed by atoms with Crippen molar-refractivity contribution in [2.24, 2.45) is 0 Å². The number of H-pyrrole nitrogens is 1. The predicted octanol–water partition coefficient (Wildman–Crippen LogP) is 2.41. The summed E-state index contributed by atoms with van der Waals surface area (Å²) in [5, 5.41) is 48.5. The lowest BCUT2D eigenvalue weighted by molar-refractivity contribution is -0.155. The molecule has 1 aliphatic rings. The zero-order chi connectivity index (χ0) is 37.7. The molecule has 6 rings (SSSR count). The first kappa shape index (κ1) is 36.6. The molecule has 2 amide bonds. The van der Waals surface area contributed by atoms with Crippen molar-refractivity contribution in [3.05, 3.63) is 135 Å². The molecule has 2 heterocycles. The maximum Gasteiger partial charge on any atom is 0.345 e. The average Bonchev–Trinajstić information content (AvgIpc) is 3.15. The van der Waals surface area contributed by atoms with Crippen LogP contribution in [0.15, 0.2) is 102 Å². The van der Waals surface area contributed by atoms with Gasteiger partial charge >= 0.3 is 5.97 Å². The number of likely N-dealkylation sites (tertiary alicyclic amines) is 1. The van der Waals surface area contributed by atoms with Crippen LogP contribution in [0, 0.1) is 0 Å². The Kier molecular flexibility index (Phi) is 10.7. The molecule has 53 heavy (non-hydrogen) atoms. The van der Waals surface area contributed by atoms with Gasteiger partial charge in [-0.25, -0.2) is 4.79 Å². The van der Waals surface area contributed by atoms with E-state index in [-0.39, 0.29) is 71.9 Å². The number of amides is 2. The Balaban J connectivity index is 0.983. The molecule has 14 nitrogen and oxygen atoms in total. The molecule has 274 valence electrons. The summed E-state index contributed by atoms with van der Waals surface area (Å²) in [5.74, 6) is -1.68. The summed E-state index contributed by atoms with van der Waals surface area (Å²) in [4.78, 5) is 53.9. The SMILES string of the molecule is COc1cc(CNC[C@H](O)c2ccc(O)c3[nH]c(=O)ccc23)ccc1C(=O)N1CC(NC(=O)COc2cccc([C@](O)(C(=O)O)c3ccccc3)c2)C1. The summed E-state index contributed by atoms with van der Waals surface area (Å²) in [6.07, 6.45) is -0.936. The van der Waals surface area contributed by atoms with Crippen LogP contribution in [0.1, 0.15) is 38.7 Å². The number of rotatable bonds is 14. The van der Waals surface area contributed by atoms with Crippen LogP contribution in [-0.2, 0) is 21.7 Å². The lowest BCUT2D eigenvalue weighted by Crippen LogP contribution is -2.61. The number of aliphatic carboxylic acids is 1. The quantitative estimate of drug-likeness (QED) is 0.0885. The largest absolute Gasteiger partial charge is 0.506 e. The van der Waals surface area contributed by atoms with Crippen molar-refractivity contribution in [1.82, 2.24) is 20.5 Å². The predicted molar refractivity (Wildman–Crippen MR) is 193 cm³/mol. The van der Waals surface area contributed by atoms with Gasteiger partial charge in [0.25, 0.3) is 11.8 Å². The first-order valence-corrected chi connectivity index (χ1v) is 16.7. The summed E-state index contributed by atoms with van der Waals surface area (Å²) in [6, 6.07) is 24.7. The minimum atomic E-state index is -2.31. The van der Waals surface area contributed by atoms with Gasteiger partial charge in [0.1, 0.15) is 17.2 Å². The van der Waals surface area contributed by atoms with Gasteiger partial charge < -0.3 is 50.4 Å². The number of pyridine rings is 1. The van der Waals surface area contributed by atoms with Gasteiger partial charge in [-0.1, -0.05) is 54.6 Å². The number of aromatic nitrogens is 1. The van der Waals surface area contributed by atoms with Gasteiger partial charge in [0.05, 0.1) is 30.3 Å². The van der Waals surface area contributed by atoms with Crippen LogP contribution in [0.4, 0.5) is 0 Å². The topological polar surface area (TPSA) is 211 Å². The number of carboxylic acid groups (broad SMARTS) is 1. The molecular formula is C39H38N4O10. The van der Waals surface area contributed by atoms with Gasteiger partial charge in [0.15, 0.2) is 6.61 Å². The van der Waals surface area contributed by atoms with Crippen molar-refractivity contribution in [1.29, 1.82) is 0 Å². The lowest BCUT2D eigenvalue weighted by Gasteiger charge is -2.39. The molecule has 5 aromatic rings. The van der Waals surface area contributed by atoms with E-state index in [1.807, 2.05) is 0 Å². The Hall–Kier alpha value is -6.22. The molecule has 0 aliphatic carbocycles. The molecule has 0 bridgehead atoms. The molecule has 1 aliphatic heterocycles. The smallest absolute Gasteiger partial charge is 0.345 e. The fraction of sp³-hybridized carbons (Fsp3) is 0.231. The highest BCUT2D eigenvalue weighted by Crippen LogP contribution is 2.32. The molecule has 0 unspecified atom stereocenters. The van der Waals surface area contributed by atoms with E-state index in [9.17, 15) is 39.6 Å². The van der Waals surface area contributed by atoms with E-state index in [1.165, 1.54) is 49.6 Å². The van der Waals surface area contributed by atoms with Gasteiger partial charge in [0, 0.05) is 43.2 Å². The number of benzene rings is 4. The van der Waals surface area contributed by atoms with Gasteiger partial charge in [-0.05, 0) is 53.1 Å². The Bertz CT molecular complexity index is 2200. The molecule has 0 radical (unpaired) electrons. The number of aliphatic hydroxyl groups is 2. The van der Waals surface area contributed by atoms with Crippen molar-refractivity contribution in [3.63, 3.8) is 0 Å². The molecule has 7 N–H and O–H groups in total. The van der Waals surface area contributed by atoms with Gasteiger partial charge in [-0.3, -0.25) is 14.4 Å². The number of carbonyl (C=O) groups is 3. The number of fused-ring (bicyclic) bond motifs is 1. The van der Waals surface area contributed by atoms with Crippen molar-refractivity contribution in [2.45, 2.75) is 24.3 Å². The molecule has 1 fully saturated rings. The average molecular weight is 723 g/mol. The van der Waals surface area contributed by atoms with Crippen LogP contribution in [0.5, 0.6) is 17.2 Å². The molecule has 0 saturated carbocycles. The highest BCUT2D eigenvalue weighted by atomic mass is 16.5. The highest BCUT2D eigenvalue weighted by Gasteiger charge is 2.40. The molecule has 4 aromatic carbocycles. The second-order valence-corrected chi connectivity index (χ2v) is 12.6. The standard InChI is InChI=1S/C39H38N4O10/c1-52-33-16-23(18-40-19-32(45)28-12-14-31(44)36-29(28)13-15-34(46)42-36)10-11-30(33)37(48)43-20-26(21-43)41-35(47)22-53-27-9-5-8-25(17-27)39(51,38(49)50)24-6-3-2-4-7-24/h2-17,26,32,40,44-45,51H,18-22H2,1H3,(H,41,47)(H,42,46)(H,49,50)/t32-,39-/m0/s1. The molecule has 0 spiro atoms. The summed E-state index contributed by atoms with van der Waals surface area (Å²) in [5.41, 5.74) is -0.490. The molecule has 14 heteroatoms. The summed E-state index contributed by atoms with van der Waals surface area (Å²) in [7, 11) is 1.46. The maximum atomic E-state index is 13.3. The number of nitrogens with one attached hydrogen (secondary N) is 3. The third kappa shape index (κ3) is 7.84. The van der Waals surface area contributed by atoms with E-state index < -0.39 is 23.6 Å². The Morgan fingerprint density at radius 1 is 0.962 bits per heavy atom. The Morgan fingerprint density at radius 2 is 1.72 bits per heavy atom. The van der Waals surface area contributed by atoms with E-state index in [2.05, 4.69) is 15.6 Å². The normalized spacial score (nSPS) is 14.5. The van der Waals surface area contributed by atoms with Gasteiger partial charge in [0.2, 0.25) is 11.2 Å². The number of nitrogens with zero attached hydrogens (tertiary/aromatic N) is 1. The molecular weight excluding hydrogens is 684 g/mol. The fourth-order valence-electron chi connectivity index (χ4n) is 6.26. The first-order valence-electron chi connectivity index (χ1n) is 16.7. The summed E-state index contributed by atoms with van der Waals surface area (Å²) in [6.45, 7) is 0.701. The van der Waals surface area contributed by atoms with E-state index in [4.69, 9.17) is 9.47 Å². The van der Waals surface area contributed by atoms with E-state index in [0.29, 0.717) is 28.8 Å². The molecule has 1 saturated heterocycles. The monoisotopic (exact) mass is 722 g/mol. The van der Waals surface area contributed by atoms with Crippen LogP contribution in [0.3, 0.4) is 0 Å². The Morgan fingerprint density at radius 3 is 2.45 bits per heavy atom. The fourth-order valence-corrected chi connectivity index (χ4v) is 6.26. The van der Waals surface area contributed by atoms with Crippen molar-refractivity contribution < 1.29 is 44.3 Å². The van der Waals surface area contributed by atoms with Crippen molar-refractivity contribution in [2.75, 3.05) is 33.4 Å². The van der Waals surface area contributed by atoms with Crippen molar-refractivity contribution >= 4 is 28.7 Å². The number of hydrogen-bond donors (Lipinski definition) is 7. The van der Waals surface area contributed by atoms with E-state index in [1.54, 1.807) is 59.5 Å². The van der Waals surface area contributed by atoms with E-state index in [0.717, 1.165) is 5.56 Å². The number of aromatic amines is 1. The minimum Gasteiger partial charge on any atom is -0.506 e. The number of methoxy groups -OCH3 is 1. The van der Waals surface area contributed by atoms with Gasteiger partial charge in [-0.15, -0.1) is 0 Å². The second-order valence-electron chi connectivity index (χ2n) is 12.6. The number of aliphatic hydroxyl groups excluding tert-OH is 1. The zero-order valence-corrected chi connectivity index (χ0v) is 28.6. The number of hydrogen-bond acceptors (Lipinski definition) is 10. The van der Waals surface area contributed by atoms with Crippen LogP contribution >= 0.6 is 0 Å². The minimum absolute atomic E-state index is 0.0700.